The second-order valence-corrected chi connectivity index (χ2v) is 8.47. The molecule has 1 fully saturated rings. The molecule has 0 saturated carbocycles. The van der Waals surface area contributed by atoms with E-state index in [2.05, 4.69) is 17.1 Å². The molecule has 1 heterocycles. The Labute approximate surface area is 183 Å². The van der Waals surface area contributed by atoms with Crippen molar-refractivity contribution in [3.63, 3.8) is 0 Å². The Morgan fingerprint density at radius 1 is 1.00 bits per heavy atom. The number of nitrogens with one attached hydrogen (secondary N) is 1. The molecule has 0 unspecified atom stereocenters. The summed E-state index contributed by atoms with van der Waals surface area (Å²) in [5, 5.41) is 13.4. The fourth-order valence-corrected chi connectivity index (χ4v) is 4.57. The van der Waals surface area contributed by atoms with Crippen LogP contribution in [0.5, 0.6) is 5.75 Å². The number of anilines is 1. The molecular formula is C25H31N3O3. The lowest BCUT2D eigenvalue weighted by atomic mass is 9.89. The standard InChI is InChI=1S/C25H31N3O3/c1-2-18-7-5-6-10-22(18)26-24(30)17-27-11-13-28(14-12-27)25(31)21-15-19-8-3-4-9-20(19)16-23(21)29/h5-7,10,15-16,29H,2-4,8-9,11-14,17H2,1H3,(H,26,30). The maximum Gasteiger partial charge on any atom is 0.257 e. The third kappa shape index (κ3) is 4.90. The Bertz CT molecular complexity index is 964. The molecule has 2 aromatic rings. The van der Waals surface area contributed by atoms with E-state index in [-0.39, 0.29) is 17.6 Å². The van der Waals surface area contributed by atoms with Gasteiger partial charge in [-0.05, 0) is 67.0 Å². The smallest absolute Gasteiger partial charge is 0.257 e. The molecule has 0 aromatic heterocycles. The number of hydrogen-bond donors (Lipinski definition) is 2. The van der Waals surface area contributed by atoms with Crippen molar-refractivity contribution < 1.29 is 14.7 Å². The van der Waals surface area contributed by atoms with Crippen molar-refractivity contribution >= 4 is 17.5 Å². The summed E-state index contributed by atoms with van der Waals surface area (Å²) in [4.78, 5) is 29.4. The van der Waals surface area contributed by atoms with Crippen molar-refractivity contribution in [2.45, 2.75) is 39.0 Å². The average Bonchev–Trinajstić information content (AvgIpc) is 2.79. The van der Waals surface area contributed by atoms with Gasteiger partial charge in [0.05, 0.1) is 12.1 Å². The van der Waals surface area contributed by atoms with Crippen LogP contribution in [0.2, 0.25) is 0 Å². The maximum atomic E-state index is 13.0. The largest absolute Gasteiger partial charge is 0.507 e. The van der Waals surface area contributed by atoms with Crippen LogP contribution in [0.15, 0.2) is 36.4 Å². The van der Waals surface area contributed by atoms with Crippen LogP contribution in [0.4, 0.5) is 5.69 Å². The number of phenolic OH excluding ortho intramolecular Hbond substituents is 1. The Kier molecular flexibility index (Phi) is 6.56. The second-order valence-electron chi connectivity index (χ2n) is 8.47. The summed E-state index contributed by atoms with van der Waals surface area (Å²) in [7, 11) is 0. The molecule has 1 aliphatic heterocycles. The third-order valence-corrected chi connectivity index (χ3v) is 6.39. The summed E-state index contributed by atoms with van der Waals surface area (Å²) in [6.07, 6.45) is 5.09. The van der Waals surface area contributed by atoms with Gasteiger partial charge in [-0.15, -0.1) is 0 Å². The lowest BCUT2D eigenvalue weighted by Gasteiger charge is -2.34. The summed E-state index contributed by atoms with van der Waals surface area (Å²) < 4.78 is 0. The number of rotatable bonds is 5. The van der Waals surface area contributed by atoms with Gasteiger partial charge in [0, 0.05) is 31.9 Å². The first kappa shape index (κ1) is 21.4. The van der Waals surface area contributed by atoms with Crippen LogP contribution in [0.3, 0.4) is 0 Å². The van der Waals surface area contributed by atoms with Gasteiger partial charge < -0.3 is 15.3 Å². The number of nitrogens with zero attached hydrogens (tertiary/aromatic N) is 2. The van der Waals surface area contributed by atoms with Gasteiger partial charge in [0.1, 0.15) is 5.75 Å². The molecule has 31 heavy (non-hydrogen) atoms. The van der Waals surface area contributed by atoms with E-state index in [1.807, 2.05) is 30.3 Å². The molecule has 4 rings (SSSR count). The first-order valence-electron chi connectivity index (χ1n) is 11.3. The van der Waals surface area contributed by atoms with Crippen molar-refractivity contribution in [1.29, 1.82) is 0 Å². The molecule has 2 aliphatic rings. The van der Waals surface area contributed by atoms with Crippen molar-refractivity contribution in [3.05, 3.63) is 58.7 Å². The highest BCUT2D eigenvalue weighted by atomic mass is 16.3. The normalized spacial score (nSPS) is 16.6. The van der Waals surface area contributed by atoms with Gasteiger partial charge in [-0.25, -0.2) is 0 Å². The van der Waals surface area contributed by atoms with E-state index in [1.165, 1.54) is 11.1 Å². The predicted octanol–water partition coefficient (Wildman–Crippen LogP) is 3.23. The third-order valence-electron chi connectivity index (χ3n) is 6.39. The van der Waals surface area contributed by atoms with Gasteiger partial charge >= 0.3 is 0 Å². The van der Waals surface area contributed by atoms with Gasteiger partial charge in [-0.2, -0.15) is 0 Å². The number of carbonyl (C=O) groups excluding carboxylic acids is 2. The monoisotopic (exact) mass is 421 g/mol. The van der Waals surface area contributed by atoms with E-state index in [1.54, 1.807) is 11.0 Å². The highest BCUT2D eigenvalue weighted by Gasteiger charge is 2.26. The molecular weight excluding hydrogens is 390 g/mol. The molecule has 0 atom stereocenters. The molecule has 1 aliphatic carbocycles. The Morgan fingerprint density at radius 2 is 1.68 bits per heavy atom. The van der Waals surface area contributed by atoms with Crippen LogP contribution in [-0.4, -0.2) is 59.4 Å². The second kappa shape index (κ2) is 9.52. The van der Waals surface area contributed by atoms with Crippen molar-refractivity contribution in [2.75, 3.05) is 38.0 Å². The number of carbonyl (C=O) groups is 2. The SMILES string of the molecule is CCc1ccccc1NC(=O)CN1CCN(C(=O)c2cc3c(cc2O)CCCC3)CC1. The van der Waals surface area contributed by atoms with Crippen molar-refractivity contribution in [2.24, 2.45) is 0 Å². The first-order valence-corrected chi connectivity index (χ1v) is 11.3. The molecule has 6 nitrogen and oxygen atoms in total. The number of aryl methyl sites for hydroxylation is 3. The molecule has 164 valence electrons. The Hall–Kier alpha value is -2.86. The zero-order chi connectivity index (χ0) is 21.8. The van der Waals surface area contributed by atoms with E-state index in [4.69, 9.17) is 0 Å². The van der Waals surface area contributed by atoms with Crippen LogP contribution < -0.4 is 5.32 Å². The predicted molar refractivity (Wildman–Crippen MR) is 122 cm³/mol. The van der Waals surface area contributed by atoms with Gasteiger partial charge in [0.2, 0.25) is 5.91 Å². The molecule has 2 aromatic carbocycles. The van der Waals surface area contributed by atoms with Crippen LogP contribution in [-0.2, 0) is 24.1 Å². The van der Waals surface area contributed by atoms with Crippen LogP contribution >= 0.6 is 0 Å². The van der Waals surface area contributed by atoms with E-state index < -0.39 is 0 Å². The molecule has 0 radical (unpaired) electrons. The fraction of sp³-hybridized carbons (Fsp3) is 0.440. The van der Waals surface area contributed by atoms with Crippen molar-refractivity contribution in [3.8, 4) is 5.75 Å². The van der Waals surface area contributed by atoms with Crippen molar-refractivity contribution in [1.82, 2.24) is 9.80 Å². The lowest BCUT2D eigenvalue weighted by molar-refractivity contribution is -0.117. The number of benzene rings is 2. The number of hydrogen-bond acceptors (Lipinski definition) is 4. The van der Waals surface area contributed by atoms with Gasteiger partial charge in [-0.1, -0.05) is 25.1 Å². The summed E-state index contributed by atoms with van der Waals surface area (Å²) in [5.41, 5.74) is 4.75. The topological polar surface area (TPSA) is 72.9 Å². The lowest BCUT2D eigenvalue weighted by Crippen LogP contribution is -2.50. The van der Waals surface area contributed by atoms with Gasteiger partial charge in [0.25, 0.3) is 5.91 Å². The number of aromatic hydroxyl groups is 1. The number of amides is 2. The molecule has 2 amide bonds. The van der Waals surface area contributed by atoms with E-state index in [0.29, 0.717) is 38.3 Å². The highest BCUT2D eigenvalue weighted by molar-refractivity contribution is 5.97. The summed E-state index contributed by atoms with van der Waals surface area (Å²) in [6.45, 7) is 4.76. The summed E-state index contributed by atoms with van der Waals surface area (Å²) >= 11 is 0. The maximum absolute atomic E-state index is 13.0. The Morgan fingerprint density at radius 3 is 2.39 bits per heavy atom. The number of piperazine rings is 1. The minimum Gasteiger partial charge on any atom is -0.507 e. The number of fused-ring (bicyclic) bond motifs is 1. The van der Waals surface area contributed by atoms with E-state index in [0.717, 1.165) is 43.4 Å². The Balaban J connectivity index is 1.32. The van der Waals surface area contributed by atoms with E-state index in [9.17, 15) is 14.7 Å². The quantitative estimate of drug-likeness (QED) is 0.778. The fourth-order valence-electron chi connectivity index (χ4n) is 4.57. The van der Waals surface area contributed by atoms with Gasteiger partial charge in [-0.3, -0.25) is 14.5 Å². The van der Waals surface area contributed by atoms with Gasteiger partial charge in [0.15, 0.2) is 0 Å². The van der Waals surface area contributed by atoms with E-state index >= 15 is 0 Å². The zero-order valence-corrected chi connectivity index (χ0v) is 18.2. The molecule has 2 N–H and O–H groups in total. The minimum absolute atomic E-state index is 0.0343. The molecule has 1 saturated heterocycles. The first-order chi connectivity index (χ1) is 15.0. The summed E-state index contributed by atoms with van der Waals surface area (Å²) in [5.74, 6) is -0.0677. The molecule has 0 bridgehead atoms. The zero-order valence-electron chi connectivity index (χ0n) is 18.2. The highest BCUT2D eigenvalue weighted by Crippen LogP contribution is 2.29. The average molecular weight is 422 g/mol. The van der Waals surface area contributed by atoms with Crippen LogP contribution in [0.1, 0.15) is 46.8 Å². The number of para-hydroxylation sites is 1. The number of phenols is 1. The van der Waals surface area contributed by atoms with Crippen LogP contribution in [0, 0.1) is 0 Å². The van der Waals surface area contributed by atoms with Crippen LogP contribution in [0.25, 0.3) is 0 Å². The minimum atomic E-state index is -0.119. The summed E-state index contributed by atoms with van der Waals surface area (Å²) in [6, 6.07) is 11.5. The molecule has 6 heteroatoms. The molecule has 0 spiro atoms.